The lowest BCUT2D eigenvalue weighted by molar-refractivity contribution is 0.0974. The van der Waals surface area contributed by atoms with Crippen molar-refractivity contribution in [3.63, 3.8) is 0 Å². The van der Waals surface area contributed by atoms with Crippen LogP contribution >= 0.6 is 0 Å². The summed E-state index contributed by atoms with van der Waals surface area (Å²) < 4.78 is 0. The Kier molecular flexibility index (Phi) is 4.10. The zero-order chi connectivity index (χ0) is 17.2. The number of ketones is 1. The molecule has 2 heteroatoms. The SMILES string of the molecule is CC1Cc2cc(C(=O)C(c3ccccc3)c3ccccc3)ccc2N1. The number of fused-ring (bicyclic) bond motifs is 1. The van der Waals surface area contributed by atoms with Gasteiger partial charge >= 0.3 is 0 Å². The molecular formula is C23H21NO. The quantitative estimate of drug-likeness (QED) is 0.679. The maximum Gasteiger partial charge on any atom is 0.174 e. The molecule has 3 aromatic carbocycles. The van der Waals surface area contributed by atoms with Crippen LogP contribution in [-0.4, -0.2) is 11.8 Å². The van der Waals surface area contributed by atoms with Crippen LogP contribution in [0.2, 0.25) is 0 Å². The molecule has 124 valence electrons. The molecule has 25 heavy (non-hydrogen) atoms. The summed E-state index contributed by atoms with van der Waals surface area (Å²) in [5.74, 6) is -0.119. The predicted molar refractivity (Wildman–Crippen MR) is 102 cm³/mol. The number of benzene rings is 3. The number of anilines is 1. The van der Waals surface area contributed by atoms with E-state index in [1.807, 2.05) is 72.8 Å². The van der Waals surface area contributed by atoms with Crippen molar-refractivity contribution in [3.8, 4) is 0 Å². The van der Waals surface area contributed by atoms with E-state index in [4.69, 9.17) is 0 Å². The topological polar surface area (TPSA) is 29.1 Å². The van der Waals surface area contributed by atoms with Crippen molar-refractivity contribution < 1.29 is 4.79 Å². The van der Waals surface area contributed by atoms with Crippen molar-refractivity contribution in [1.29, 1.82) is 0 Å². The molecule has 1 aliphatic rings. The number of carbonyl (C=O) groups is 1. The highest BCUT2D eigenvalue weighted by Gasteiger charge is 2.25. The van der Waals surface area contributed by atoms with Gasteiger partial charge in [0, 0.05) is 17.3 Å². The normalized spacial score (nSPS) is 15.7. The lowest BCUT2D eigenvalue weighted by atomic mass is 9.84. The van der Waals surface area contributed by atoms with Crippen molar-refractivity contribution >= 4 is 11.5 Å². The van der Waals surface area contributed by atoms with Crippen LogP contribution in [0.15, 0.2) is 78.9 Å². The summed E-state index contributed by atoms with van der Waals surface area (Å²) in [4.78, 5) is 13.4. The van der Waals surface area contributed by atoms with Crippen molar-refractivity contribution in [3.05, 3.63) is 101 Å². The van der Waals surface area contributed by atoms with E-state index in [0.717, 1.165) is 28.8 Å². The summed E-state index contributed by atoms with van der Waals surface area (Å²) in [6.07, 6.45) is 0.970. The molecule has 1 N–H and O–H groups in total. The van der Waals surface area contributed by atoms with E-state index in [2.05, 4.69) is 18.3 Å². The fraction of sp³-hybridized carbons (Fsp3) is 0.174. The van der Waals surface area contributed by atoms with Crippen LogP contribution in [0, 0.1) is 0 Å². The van der Waals surface area contributed by atoms with E-state index in [9.17, 15) is 4.79 Å². The molecule has 0 bridgehead atoms. The first kappa shape index (κ1) is 15.6. The lowest BCUT2D eigenvalue weighted by Gasteiger charge is -2.17. The van der Waals surface area contributed by atoms with Gasteiger partial charge in [-0.1, -0.05) is 60.7 Å². The van der Waals surface area contributed by atoms with Crippen molar-refractivity contribution in [2.75, 3.05) is 5.32 Å². The van der Waals surface area contributed by atoms with Gasteiger partial charge in [-0.2, -0.15) is 0 Å². The van der Waals surface area contributed by atoms with Gasteiger partial charge in [0.1, 0.15) is 0 Å². The molecule has 1 heterocycles. The first-order chi connectivity index (χ1) is 12.2. The van der Waals surface area contributed by atoms with Crippen molar-refractivity contribution in [2.24, 2.45) is 0 Å². The van der Waals surface area contributed by atoms with Crippen LogP contribution in [0.3, 0.4) is 0 Å². The summed E-state index contributed by atoms with van der Waals surface area (Å²) in [7, 11) is 0. The number of hydrogen-bond acceptors (Lipinski definition) is 2. The maximum absolute atomic E-state index is 13.4. The molecule has 1 atom stereocenters. The second-order valence-electron chi connectivity index (χ2n) is 6.74. The molecule has 2 nitrogen and oxygen atoms in total. The number of nitrogens with one attached hydrogen (secondary N) is 1. The highest BCUT2D eigenvalue weighted by atomic mass is 16.1. The van der Waals surface area contributed by atoms with Crippen LogP contribution in [0.5, 0.6) is 0 Å². The van der Waals surface area contributed by atoms with Gasteiger partial charge in [0.15, 0.2) is 5.78 Å². The average molecular weight is 327 g/mol. The molecule has 0 fully saturated rings. The molecule has 0 saturated carbocycles. The molecule has 0 aliphatic carbocycles. The third-order valence-corrected chi connectivity index (χ3v) is 4.85. The zero-order valence-electron chi connectivity index (χ0n) is 14.3. The lowest BCUT2D eigenvalue weighted by Crippen LogP contribution is -2.14. The molecule has 0 radical (unpaired) electrons. The predicted octanol–water partition coefficient (Wildman–Crippen LogP) is 5.06. The van der Waals surface area contributed by atoms with Gasteiger partial charge in [-0.25, -0.2) is 0 Å². The molecule has 0 saturated heterocycles. The Balaban J connectivity index is 1.75. The number of hydrogen-bond donors (Lipinski definition) is 1. The van der Waals surface area contributed by atoms with E-state index in [1.165, 1.54) is 5.56 Å². The van der Waals surface area contributed by atoms with Crippen molar-refractivity contribution in [1.82, 2.24) is 0 Å². The molecule has 0 spiro atoms. The first-order valence-electron chi connectivity index (χ1n) is 8.76. The molecule has 0 aromatic heterocycles. The van der Waals surface area contributed by atoms with Gasteiger partial charge in [0.05, 0.1) is 5.92 Å². The highest BCUT2D eigenvalue weighted by Crippen LogP contribution is 2.32. The minimum atomic E-state index is -0.271. The Hall–Kier alpha value is -2.87. The number of rotatable bonds is 4. The summed E-state index contributed by atoms with van der Waals surface area (Å²) in [6, 6.07) is 26.6. The summed E-state index contributed by atoms with van der Waals surface area (Å²) >= 11 is 0. The van der Waals surface area contributed by atoms with Gasteiger partial charge in [-0.3, -0.25) is 4.79 Å². The maximum atomic E-state index is 13.4. The average Bonchev–Trinajstić information content (AvgIpc) is 3.03. The standard InChI is InChI=1S/C23H21NO/c1-16-14-20-15-19(12-13-21(20)24-16)23(25)22(17-8-4-2-5-9-17)18-10-6-3-7-11-18/h2-13,15-16,22,24H,14H2,1H3. The molecule has 4 rings (SSSR count). The zero-order valence-corrected chi connectivity index (χ0v) is 14.3. The fourth-order valence-electron chi connectivity index (χ4n) is 3.66. The molecular weight excluding hydrogens is 306 g/mol. The number of carbonyl (C=O) groups excluding carboxylic acids is 1. The minimum absolute atomic E-state index is 0.153. The highest BCUT2D eigenvalue weighted by molar-refractivity contribution is 6.03. The van der Waals surface area contributed by atoms with E-state index >= 15 is 0 Å². The third-order valence-electron chi connectivity index (χ3n) is 4.85. The van der Waals surface area contributed by atoms with Gasteiger partial charge in [-0.05, 0) is 48.2 Å². The smallest absolute Gasteiger partial charge is 0.174 e. The Morgan fingerprint density at radius 2 is 1.52 bits per heavy atom. The van der Waals surface area contributed by atoms with E-state index < -0.39 is 0 Å². The largest absolute Gasteiger partial charge is 0.382 e. The summed E-state index contributed by atoms with van der Waals surface area (Å²) in [5.41, 5.74) is 5.24. The van der Waals surface area contributed by atoms with Gasteiger partial charge in [0.25, 0.3) is 0 Å². The monoisotopic (exact) mass is 327 g/mol. The van der Waals surface area contributed by atoms with Crippen LogP contribution in [0.4, 0.5) is 5.69 Å². The Labute approximate surface area is 148 Å². The second-order valence-corrected chi connectivity index (χ2v) is 6.74. The van der Waals surface area contributed by atoms with Crippen molar-refractivity contribution in [2.45, 2.75) is 25.3 Å². The van der Waals surface area contributed by atoms with E-state index in [0.29, 0.717) is 6.04 Å². The Morgan fingerprint density at radius 1 is 0.920 bits per heavy atom. The third kappa shape index (κ3) is 3.08. The molecule has 1 unspecified atom stereocenters. The Bertz CT molecular complexity index is 847. The first-order valence-corrected chi connectivity index (χ1v) is 8.76. The van der Waals surface area contributed by atoms with Gasteiger partial charge in [-0.15, -0.1) is 0 Å². The molecule has 0 amide bonds. The van der Waals surface area contributed by atoms with Gasteiger partial charge < -0.3 is 5.32 Å². The van der Waals surface area contributed by atoms with Gasteiger partial charge in [0.2, 0.25) is 0 Å². The Morgan fingerprint density at radius 3 is 2.12 bits per heavy atom. The van der Waals surface area contributed by atoms with Crippen LogP contribution in [0.1, 0.15) is 39.9 Å². The second kappa shape index (κ2) is 6.56. The summed E-state index contributed by atoms with van der Waals surface area (Å²) in [5, 5.41) is 3.44. The number of Topliss-reactive ketones (excluding diaryl/α,β-unsaturated/α-hetero) is 1. The fourth-order valence-corrected chi connectivity index (χ4v) is 3.66. The van der Waals surface area contributed by atoms with Crippen LogP contribution in [-0.2, 0) is 6.42 Å². The summed E-state index contributed by atoms with van der Waals surface area (Å²) in [6.45, 7) is 2.16. The molecule has 1 aliphatic heterocycles. The van der Waals surface area contributed by atoms with E-state index in [1.54, 1.807) is 0 Å². The van der Waals surface area contributed by atoms with Crippen LogP contribution < -0.4 is 5.32 Å². The van der Waals surface area contributed by atoms with E-state index in [-0.39, 0.29) is 11.7 Å². The van der Waals surface area contributed by atoms with Crippen LogP contribution in [0.25, 0.3) is 0 Å². The minimum Gasteiger partial charge on any atom is -0.382 e. The molecule has 3 aromatic rings.